The highest BCUT2D eigenvalue weighted by atomic mass is 32.2. The predicted molar refractivity (Wildman–Crippen MR) is 84.6 cm³/mol. The molecule has 0 heterocycles. The van der Waals surface area contributed by atoms with E-state index in [1.807, 2.05) is 31.2 Å². The van der Waals surface area contributed by atoms with Crippen molar-refractivity contribution in [1.29, 1.82) is 0 Å². The second kappa shape index (κ2) is 5.42. The van der Waals surface area contributed by atoms with E-state index in [1.165, 1.54) is 6.20 Å². The summed E-state index contributed by atoms with van der Waals surface area (Å²) in [6.07, 6.45) is 1.61. The number of benzene rings is 2. The van der Waals surface area contributed by atoms with Crippen LogP contribution in [0.3, 0.4) is 0 Å². The quantitative estimate of drug-likeness (QED) is 0.885. The van der Waals surface area contributed by atoms with Crippen LogP contribution in [0.5, 0.6) is 0 Å². The molecule has 2 aromatic rings. The van der Waals surface area contributed by atoms with Crippen LogP contribution in [0.15, 0.2) is 59.6 Å². The van der Waals surface area contributed by atoms with Crippen LogP contribution in [0.4, 0.5) is 0 Å². The lowest BCUT2D eigenvalue weighted by atomic mass is 10.1. The summed E-state index contributed by atoms with van der Waals surface area (Å²) in [4.78, 5) is 12.2. The number of carbonyl (C=O) groups excluding carboxylic acids is 1. The summed E-state index contributed by atoms with van der Waals surface area (Å²) in [7, 11) is -3.67. The van der Waals surface area contributed by atoms with Crippen LogP contribution < -0.4 is 4.72 Å². The van der Waals surface area contributed by atoms with E-state index in [2.05, 4.69) is 4.72 Å². The number of nitrogens with one attached hydrogen (secondary N) is 1. The van der Waals surface area contributed by atoms with Gasteiger partial charge >= 0.3 is 0 Å². The number of carbonyl (C=O) groups is 1. The summed E-state index contributed by atoms with van der Waals surface area (Å²) >= 11 is 0. The van der Waals surface area contributed by atoms with Crippen molar-refractivity contribution in [1.82, 2.24) is 4.72 Å². The molecule has 5 heteroatoms. The van der Waals surface area contributed by atoms with E-state index in [0.29, 0.717) is 12.0 Å². The molecular formula is C17H15NO3S. The molecule has 0 aliphatic heterocycles. The van der Waals surface area contributed by atoms with Crippen LogP contribution >= 0.6 is 0 Å². The first-order valence-electron chi connectivity index (χ1n) is 6.88. The molecule has 0 atom stereocenters. The molecule has 112 valence electrons. The van der Waals surface area contributed by atoms with E-state index in [-0.39, 0.29) is 10.7 Å². The van der Waals surface area contributed by atoms with Gasteiger partial charge in [0.25, 0.3) is 10.0 Å². The lowest BCUT2D eigenvalue weighted by Gasteiger charge is -2.06. The summed E-state index contributed by atoms with van der Waals surface area (Å²) in [5.74, 6) is -0.0761. The van der Waals surface area contributed by atoms with Gasteiger partial charge in [-0.3, -0.25) is 9.52 Å². The molecule has 1 N–H and O–H groups in total. The fourth-order valence-corrected chi connectivity index (χ4v) is 3.34. The molecule has 0 radical (unpaired) electrons. The van der Waals surface area contributed by atoms with Gasteiger partial charge in [-0.2, -0.15) is 0 Å². The molecule has 3 rings (SSSR count). The first-order chi connectivity index (χ1) is 10.5. The van der Waals surface area contributed by atoms with E-state index in [1.54, 1.807) is 24.3 Å². The van der Waals surface area contributed by atoms with Gasteiger partial charge in [-0.25, -0.2) is 8.42 Å². The van der Waals surface area contributed by atoms with Crippen molar-refractivity contribution >= 4 is 21.4 Å². The zero-order valence-electron chi connectivity index (χ0n) is 12.0. The lowest BCUT2D eigenvalue weighted by Crippen LogP contribution is -2.19. The first kappa shape index (κ1) is 14.5. The normalized spacial score (nSPS) is 15.9. The Balaban J connectivity index is 1.91. The second-order valence-corrected chi connectivity index (χ2v) is 6.96. The number of hydrogen-bond donors (Lipinski definition) is 1. The minimum atomic E-state index is -3.67. The maximum atomic E-state index is 12.3. The molecule has 0 saturated heterocycles. The first-order valence-corrected chi connectivity index (χ1v) is 8.36. The van der Waals surface area contributed by atoms with E-state index >= 15 is 0 Å². The molecule has 0 unspecified atom stereocenters. The SMILES string of the molecule is Cc1ccc(S(=O)(=O)N/C=C2\C(=O)Cc3ccccc32)cc1. The summed E-state index contributed by atoms with van der Waals surface area (Å²) in [6, 6.07) is 14.0. The number of Topliss-reactive ketones (excluding diaryl/α,β-unsaturated/α-hetero) is 1. The Hall–Kier alpha value is -2.40. The van der Waals surface area contributed by atoms with Gasteiger partial charge in [0.1, 0.15) is 0 Å². The highest BCUT2D eigenvalue weighted by molar-refractivity contribution is 7.89. The standard InChI is InChI=1S/C17H15NO3S/c1-12-6-8-14(9-7-12)22(20,21)18-11-16-15-5-3-2-4-13(15)10-17(16)19/h2-9,11,18H,10H2,1H3/b16-11-. The van der Waals surface area contributed by atoms with Crippen molar-refractivity contribution in [3.05, 3.63) is 71.4 Å². The Kier molecular flexibility index (Phi) is 3.58. The third-order valence-electron chi connectivity index (χ3n) is 3.65. The molecule has 0 spiro atoms. The molecule has 0 amide bonds. The summed E-state index contributed by atoms with van der Waals surface area (Å²) in [5, 5.41) is 0. The molecule has 0 bridgehead atoms. The average Bonchev–Trinajstić information content (AvgIpc) is 2.81. The summed E-state index contributed by atoms with van der Waals surface area (Å²) < 4.78 is 26.9. The van der Waals surface area contributed by atoms with Gasteiger partial charge in [0.2, 0.25) is 0 Å². The number of rotatable bonds is 3. The van der Waals surface area contributed by atoms with Crippen molar-refractivity contribution in [3.63, 3.8) is 0 Å². The zero-order chi connectivity index (χ0) is 15.7. The van der Waals surface area contributed by atoms with E-state index in [0.717, 1.165) is 16.7 Å². The molecule has 22 heavy (non-hydrogen) atoms. The van der Waals surface area contributed by atoms with Gasteiger partial charge < -0.3 is 0 Å². The Morgan fingerprint density at radius 3 is 2.45 bits per heavy atom. The number of aryl methyl sites for hydroxylation is 1. The van der Waals surface area contributed by atoms with E-state index < -0.39 is 10.0 Å². The number of sulfonamides is 1. The van der Waals surface area contributed by atoms with Gasteiger partial charge in [0.15, 0.2) is 5.78 Å². The molecule has 0 saturated carbocycles. The summed E-state index contributed by atoms with van der Waals surface area (Å²) in [5.41, 5.74) is 3.11. The van der Waals surface area contributed by atoms with Crippen LogP contribution in [0.2, 0.25) is 0 Å². The Morgan fingerprint density at radius 1 is 1.05 bits per heavy atom. The number of ketones is 1. The van der Waals surface area contributed by atoms with E-state index in [9.17, 15) is 13.2 Å². The molecule has 1 aliphatic rings. The van der Waals surface area contributed by atoms with Crippen LogP contribution in [-0.4, -0.2) is 14.2 Å². The van der Waals surface area contributed by atoms with Crippen molar-refractivity contribution in [2.45, 2.75) is 18.2 Å². The topological polar surface area (TPSA) is 63.2 Å². The Labute approximate surface area is 129 Å². The van der Waals surface area contributed by atoms with Crippen molar-refractivity contribution in [2.75, 3.05) is 0 Å². The minimum Gasteiger partial charge on any atom is -0.294 e. The molecule has 4 nitrogen and oxygen atoms in total. The minimum absolute atomic E-state index is 0.0761. The van der Waals surface area contributed by atoms with Gasteiger partial charge in [0, 0.05) is 18.2 Å². The highest BCUT2D eigenvalue weighted by Crippen LogP contribution is 2.28. The summed E-state index contributed by atoms with van der Waals surface area (Å²) in [6.45, 7) is 1.89. The maximum Gasteiger partial charge on any atom is 0.261 e. The van der Waals surface area contributed by atoms with Crippen LogP contribution in [0.1, 0.15) is 16.7 Å². The number of hydrogen-bond acceptors (Lipinski definition) is 3. The fourth-order valence-electron chi connectivity index (χ4n) is 2.44. The van der Waals surface area contributed by atoms with Gasteiger partial charge in [-0.05, 0) is 30.2 Å². The number of fused-ring (bicyclic) bond motifs is 1. The van der Waals surface area contributed by atoms with Gasteiger partial charge in [-0.1, -0.05) is 42.0 Å². The fraction of sp³-hybridized carbons (Fsp3) is 0.118. The second-order valence-electron chi connectivity index (χ2n) is 5.25. The maximum absolute atomic E-state index is 12.3. The Bertz CT molecular complexity index is 865. The molecular weight excluding hydrogens is 298 g/mol. The zero-order valence-corrected chi connectivity index (χ0v) is 12.9. The lowest BCUT2D eigenvalue weighted by molar-refractivity contribution is -0.112. The largest absolute Gasteiger partial charge is 0.294 e. The molecule has 0 fully saturated rings. The predicted octanol–water partition coefficient (Wildman–Crippen LogP) is 2.44. The molecule has 1 aliphatic carbocycles. The van der Waals surface area contributed by atoms with Crippen molar-refractivity contribution < 1.29 is 13.2 Å². The van der Waals surface area contributed by atoms with Crippen molar-refractivity contribution in [2.24, 2.45) is 0 Å². The highest BCUT2D eigenvalue weighted by Gasteiger charge is 2.24. The molecule has 2 aromatic carbocycles. The van der Waals surface area contributed by atoms with Gasteiger partial charge in [-0.15, -0.1) is 0 Å². The third kappa shape index (κ3) is 2.67. The van der Waals surface area contributed by atoms with Crippen LogP contribution in [-0.2, 0) is 21.2 Å². The van der Waals surface area contributed by atoms with Crippen LogP contribution in [0, 0.1) is 6.92 Å². The van der Waals surface area contributed by atoms with Crippen molar-refractivity contribution in [3.8, 4) is 0 Å². The Morgan fingerprint density at radius 2 is 1.73 bits per heavy atom. The number of allylic oxidation sites excluding steroid dienone is 1. The van der Waals surface area contributed by atoms with E-state index in [4.69, 9.17) is 0 Å². The smallest absolute Gasteiger partial charge is 0.261 e. The molecule has 0 aromatic heterocycles. The monoisotopic (exact) mass is 313 g/mol. The van der Waals surface area contributed by atoms with Gasteiger partial charge in [0.05, 0.1) is 4.90 Å². The van der Waals surface area contributed by atoms with Crippen LogP contribution in [0.25, 0.3) is 5.57 Å². The average molecular weight is 313 g/mol. The third-order valence-corrected chi connectivity index (χ3v) is 4.97.